The number of benzene rings is 4. The maximum absolute atomic E-state index is 15.2. The lowest BCUT2D eigenvalue weighted by Gasteiger charge is -2.40. The van der Waals surface area contributed by atoms with Crippen molar-refractivity contribution in [3.8, 4) is 0 Å². The molecule has 0 aromatic heterocycles. The van der Waals surface area contributed by atoms with Crippen LogP contribution in [0.15, 0.2) is 127 Å². The second-order valence-electron chi connectivity index (χ2n) is 8.19. The molecule has 1 atom stereocenters. The monoisotopic (exact) mass is 465 g/mol. The van der Waals surface area contributed by atoms with Gasteiger partial charge in [-0.3, -0.25) is 5.32 Å². The minimum absolute atomic E-state index is 0.129. The number of halogens is 1. The predicted octanol–water partition coefficient (Wildman–Crippen LogP) is 6.57. The normalized spacial score (nSPS) is 12.1. The molecular formula is C31H28FNO2. The highest BCUT2D eigenvalue weighted by atomic mass is 19.1. The van der Waals surface area contributed by atoms with Crippen molar-refractivity contribution < 1.29 is 13.9 Å². The van der Waals surface area contributed by atoms with Crippen molar-refractivity contribution >= 4 is 5.97 Å². The first-order valence-electron chi connectivity index (χ1n) is 11.6. The van der Waals surface area contributed by atoms with Gasteiger partial charge in [0, 0.05) is 5.56 Å². The number of ether oxygens (including phenoxy) is 1. The van der Waals surface area contributed by atoms with E-state index in [0.29, 0.717) is 5.56 Å². The van der Waals surface area contributed by atoms with E-state index in [1.807, 2.05) is 91.0 Å². The van der Waals surface area contributed by atoms with Gasteiger partial charge in [0.25, 0.3) is 0 Å². The number of carbonyl (C=O) groups excluding carboxylic acids is 1. The summed E-state index contributed by atoms with van der Waals surface area (Å²) in [5.41, 5.74) is 2.34. The molecule has 0 heterocycles. The molecule has 3 nitrogen and oxygen atoms in total. The van der Waals surface area contributed by atoms with Gasteiger partial charge in [0.05, 0.1) is 23.8 Å². The summed E-state index contributed by atoms with van der Waals surface area (Å²) < 4.78 is 20.5. The highest BCUT2D eigenvalue weighted by Crippen LogP contribution is 2.40. The van der Waals surface area contributed by atoms with Gasteiger partial charge in [0.15, 0.2) is 0 Å². The fourth-order valence-corrected chi connectivity index (χ4v) is 4.43. The van der Waals surface area contributed by atoms with Gasteiger partial charge in [-0.05, 0) is 29.7 Å². The van der Waals surface area contributed by atoms with Gasteiger partial charge in [-0.1, -0.05) is 116 Å². The minimum Gasteiger partial charge on any atom is -0.463 e. The Kier molecular flexibility index (Phi) is 7.54. The molecule has 0 saturated carbocycles. The second kappa shape index (κ2) is 10.9. The van der Waals surface area contributed by atoms with Crippen LogP contribution in [0.5, 0.6) is 0 Å². The van der Waals surface area contributed by atoms with E-state index in [2.05, 4.69) is 11.9 Å². The Morgan fingerprint density at radius 2 is 1.23 bits per heavy atom. The maximum Gasteiger partial charge on any atom is 0.335 e. The van der Waals surface area contributed by atoms with Crippen LogP contribution in [0.3, 0.4) is 0 Å². The van der Waals surface area contributed by atoms with Crippen molar-refractivity contribution in [1.29, 1.82) is 0 Å². The van der Waals surface area contributed by atoms with Gasteiger partial charge >= 0.3 is 5.97 Å². The SMILES string of the molecule is C=C(C(=O)OCC)C(NC(c1ccccc1)(c1ccccc1)c1ccccc1)c1ccccc1F. The number of hydrogen-bond donors (Lipinski definition) is 1. The molecule has 1 unspecified atom stereocenters. The molecule has 0 bridgehead atoms. The molecule has 0 aliphatic heterocycles. The largest absolute Gasteiger partial charge is 0.463 e. The lowest BCUT2D eigenvalue weighted by molar-refractivity contribution is -0.138. The van der Waals surface area contributed by atoms with Gasteiger partial charge in [-0.2, -0.15) is 0 Å². The Hall–Kier alpha value is -4.02. The highest BCUT2D eigenvalue weighted by molar-refractivity contribution is 5.89. The van der Waals surface area contributed by atoms with Crippen molar-refractivity contribution in [2.45, 2.75) is 18.5 Å². The maximum atomic E-state index is 15.2. The van der Waals surface area contributed by atoms with Crippen LogP contribution in [0, 0.1) is 5.82 Å². The third-order valence-corrected chi connectivity index (χ3v) is 6.08. The third-order valence-electron chi connectivity index (χ3n) is 6.08. The Bertz CT molecular complexity index is 1180. The minimum atomic E-state index is -0.924. The fraction of sp³-hybridized carbons (Fsp3) is 0.129. The van der Waals surface area contributed by atoms with E-state index < -0.39 is 23.4 Å². The van der Waals surface area contributed by atoms with E-state index in [1.54, 1.807) is 25.1 Å². The van der Waals surface area contributed by atoms with Crippen LogP contribution in [-0.2, 0) is 15.1 Å². The van der Waals surface area contributed by atoms with Crippen LogP contribution in [0.25, 0.3) is 0 Å². The third kappa shape index (κ3) is 4.93. The molecule has 0 spiro atoms. The quantitative estimate of drug-likeness (QED) is 0.173. The molecule has 35 heavy (non-hydrogen) atoms. The van der Waals surface area contributed by atoms with Gasteiger partial charge in [0.2, 0.25) is 0 Å². The topological polar surface area (TPSA) is 38.3 Å². The summed E-state index contributed by atoms with van der Waals surface area (Å²) in [6.45, 7) is 5.99. The van der Waals surface area contributed by atoms with E-state index in [0.717, 1.165) is 16.7 Å². The zero-order chi connectivity index (χ0) is 24.7. The zero-order valence-electron chi connectivity index (χ0n) is 19.7. The van der Waals surface area contributed by atoms with Gasteiger partial charge in [-0.15, -0.1) is 0 Å². The summed E-state index contributed by atoms with van der Waals surface area (Å²) in [5, 5.41) is 3.67. The molecular weight excluding hydrogens is 437 g/mol. The van der Waals surface area contributed by atoms with Crippen molar-refractivity contribution in [1.82, 2.24) is 5.32 Å². The Labute approximate surface area is 205 Å². The number of hydrogen-bond acceptors (Lipinski definition) is 3. The van der Waals surface area contributed by atoms with Crippen molar-refractivity contribution in [2.75, 3.05) is 6.61 Å². The molecule has 0 aliphatic carbocycles. The molecule has 4 heteroatoms. The molecule has 0 radical (unpaired) electrons. The molecule has 176 valence electrons. The smallest absolute Gasteiger partial charge is 0.335 e. The summed E-state index contributed by atoms with van der Waals surface area (Å²) in [6.07, 6.45) is 0. The van der Waals surface area contributed by atoms with Crippen LogP contribution < -0.4 is 5.32 Å². The van der Waals surface area contributed by atoms with E-state index >= 15 is 4.39 Å². The molecule has 0 amide bonds. The van der Waals surface area contributed by atoms with Crippen molar-refractivity contribution in [3.63, 3.8) is 0 Å². The summed E-state index contributed by atoms with van der Waals surface area (Å²) in [4.78, 5) is 12.9. The number of carbonyl (C=O) groups is 1. The first kappa shape index (κ1) is 24.1. The first-order valence-corrected chi connectivity index (χ1v) is 11.6. The molecule has 4 aromatic carbocycles. The van der Waals surface area contributed by atoms with Gasteiger partial charge in [0.1, 0.15) is 5.82 Å². The van der Waals surface area contributed by atoms with E-state index in [4.69, 9.17) is 4.74 Å². The van der Waals surface area contributed by atoms with Crippen LogP contribution >= 0.6 is 0 Å². The summed E-state index contributed by atoms with van der Waals surface area (Å²) in [7, 11) is 0. The predicted molar refractivity (Wildman–Crippen MR) is 137 cm³/mol. The van der Waals surface area contributed by atoms with Crippen LogP contribution in [-0.4, -0.2) is 12.6 Å². The molecule has 4 rings (SSSR count). The van der Waals surface area contributed by atoms with E-state index in [1.165, 1.54) is 6.07 Å². The Morgan fingerprint density at radius 3 is 1.66 bits per heavy atom. The van der Waals surface area contributed by atoms with Crippen molar-refractivity contribution in [3.05, 3.63) is 155 Å². The lowest BCUT2D eigenvalue weighted by atomic mass is 9.75. The molecule has 0 aliphatic rings. The summed E-state index contributed by atoms with van der Waals surface area (Å²) >= 11 is 0. The molecule has 1 N–H and O–H groups in total. The van der Waals surface area contributed by atoms with Crippen LogP contribution in [0.2, 0.25) is 0 Å². The van der Waals surface area contributed by atoms with Crippen LogP contribution in [0.1, 0.15) is 35.2 Å². The molecule has 0 fully saturated rings. The number of esters is 1. The zero-order valence-corrected chi connectivity index (χ0v) is 19.7. The van der Waals surface area contributed by atoms with Crippen LogP contribution in [0.4, 0.5) is 4.39 Å². The average Bonchev–Trinajstić information content (AvgIpc) is 2.91. The number of rotatable bonds is 9. The highest BCUT2D eigenvalue weighted by Gasteiger charge is 2.40. The van der Waals surface area contributed by atoms with Crippen molar-refractivity contribution in [2.24, 2.45) is 0 Å². The van der Waals surface area contributed by atoms with Gasteiger partial charge < -0.3 is 4.74 Å². The Morgan fingerprint density at radius 1 is 0.800 bits per heavy atom. The first-order chi connectivity index (χ1) is 17.1. The Balaban J connectivity index is 2.00. The summed E-state index contributed by atoms with van der Waals surface area (Å²) in [6, 6.07) is 35.4. The second-order valence-corrected chi connectivity index (χ2v) is 8.19. The van der Waals surface area contributed by atoms with E-state index in [9.17, 15) is 4.79 Å². The lowest BCUT2D eigenvalue weighted by Crippen LogP contribution is -2.47. The summed E-state index contributed by atoms with van der Waals surface area (Å²) in [5.74, 6) is -1.00. The van der Waals surface area contributed by atoms with E-state index in [-0.39, 0.29) is 12.2 Å². The van der Waals surface area contributed by atoms with Gasteiger partial charge in [-0.25, -0.2) is 9.18 Å². The standard InChI is InChI=1S/C31H28FNO2/c1-3-35-30(34)23(2)29(27-21-13-14-22-28(27)32)33-31(24-15-7-4-8-16-24,25-17-9-5-10-18-25)26-19-11-6-12-20-26/h4-22,29,33H,2-3H2,1H3. The molecule has 0 saturated heterocycles. The fourth-order valence-electron chi connectivity index (χ4n) is 4.43. The molecule has 4 aromatic rings. The average molecular weight is 466 g/mol. The number of nitrogens with one attached hydrogen (secondary N) is 1.